The zero-order chi connectivity index (χ0) is 33.0. The number of esters is 2. The Hall–Kier alpha value is -3.22. The van der Waals surface area contributed by atoms with E-state index < -0.39 is 23.6 Å². The van der Waals surface area contributed by atoms with Crippen molar-refractivity contribution in [2.45, 2.75) is 110 Å². The first-order chi connectivity index (χ1) is 21.4. The molecule has 6 heteroatoms. The van der Waals surface area contributed by atoms with Gasteiger partial charge >= 0.3 is 11.9 Å². The molecule has 0 aromatic heterocycles. The Morgan fingerprint density at radius 2 is 1.44 bits per heavy atom. The van der Waals surface area contributed by atoms with Crippen LogP contribution in [-0.4, -0.2) is 47.1 Å². The maximum atomic E-state index is 12.4. The summed E-state index contributed by atoms with van der Waals surface area (Å²) in [4.78, 5) is 24.7. The van der Waals surface area contributed by atoms with Gasteiger partial charge in [-0.15, -0.1) is 0 Å². The van der Waals surface area contributed by atoms with E-state index in [0.717, 1.165) is 17.0 Å². The third-order valence-electron chi connectivity index (χ3n) is 9.22. The number of aryl methyl sites for hydroxylation is 1. The van der Waals surface area contributed by atoms with Crippen molar-refractivity contribution in [1.82, 2.24) is 0 Å². The fourth-order valence-corrected chi connectivity index (χ4v) is 5.85. The quantitative estimate of drug-likeness (QED) is 0.106. The molecule has 0 heterocycles. The second-order valence-electron chi connectivity index (χ2n) is 13.4. The van der Waals surface area contributed by atoms with E-state index in [1.54, 1.807) is 0 Å². The number of aliphatic hydroxyl groups is 2. The predicted molar refractivity (Wildman–Crippen MR) is 181 cm³/mol. The van der Waals surface area contributed by atoms with Crippen molar-refractivity contribution < 1.29 is 29.3 Å². The minimum absolute atomic E-state index is 0.00220. The van der Waals surface area contributed by atoms with Crippen molar-refractivity contribution in [3.63, 3.8) is 0 Å². The molecule has 1 fully saturated rings. The number of aliphatic hydroxyl groups excluding tert-OH is 1. The number of carbonyl (C=O) groups is 2. The summed E-state index contributed by atoms with van der Waals surface area (Å²) in [7, 11) is 0. The Bertz CT molecular complexity index is 1240. The summed E-state index contributed by atoms with van der Waals surface area (Å²) in [5.41, 5.74) is 3.45. The number of carbonyl (C=O) groups excluding carboxylic acids is 2. The van der Waals surface area contributed by atoms with Gasteiger partial charge in [-0.2, -0.15) is 0 Å². The van der Waals surface area contributed by atoms with Crippen LogP contribution in [0, 0.1) is 11.8 Å². The topological polar surface area (TPSA) is 93.1 Å². The van der Waals surface area contributed by atoms with Crippen LogP contribution in [0.25, 0.3) is 11.1 Å². The number of hydrogen-bond acceptors (Lipinski definition) is 6. The SMILES string of the molecule is C=C(C(=O)OCC(CCc1ccc(-c2ccc(C3CCC(CCCCC)CC3)cc2)cc1)COC(=O)C(=C)C(C)(C)O)C(C)O. The number of benzene rings is 2. The molecule has 3 rings (SSSR count). The highest BCUT2D eigenvalue weighted by atomic mass is 16.5. The van der Waals surface area contributed by atoms with Gasteiger partial charge in [0.25, 0.3) is 0 Å². The van der Waals surface area contributed by atoms with E-state index in [1.165, 1.54) is 83.3 Å². The first-order valence-corrected chi connectivity index (χ1v) is 16.7. The van der Waals surface area contributed by atoms with Gasteiger partial charge in [-0.25, -0.2) is 9.59 Å². The lowest BCUT2D eigenvalue weighted by Crippen LogP contribution is -2.30. The molecule has 0 radical (unpaired) electrons. The maximum absolute atomic E-state index is 12.4. The van der Waals surface area contributed by atoms with E-state index in [1.807, 2.05) is 0 Å². The van der Waals surface area contributed by atoms with Gasteiger partial charge in [-0.3, -0.25) is 0 Å². The third-order valence-corrected chi connectivity index (χ3v) is 9.22. The highest BCUT2D eigenvalue weighted by molar-refractivity contribution is 5.90. The van der Waals surface area contributed by atoms with Crippen molar-refractivity contribution in [3.05, 3.63) is 84.0 Å². The van der Waals surface area contributed by atoms with Crippen LogP contribution in [0.3, 0.4) is 0 Å². The van der Waals surface area contributed by atoms with Crippen molar-refractivity contribution in [2.24, 2.45) is 11.8 Å². The third kappa shape index (κ3) is 11.6. The molecule has 1 aliphatic carbocycles. The van der Waals surface area contributed by atoms with Gasteiger partial charge in [-0.05, 0) is 93.4 Å². The molecule has 2 aromatic carbocycles. The molecule has 246 valence electrons. The summed E-state index contributed by atoms with van der Waals surface area (Å²) in [6.45, 7) is 13.9. The van der Waals surface area contributed by atoms with Gasteiger partial charge in [0.2, 0.25) is 0 Å². The van der Waals surface area contributed by atoms with E-state index in [4.69, 9.17) is 9.47 Å². The molecule has 0 aliphatic heterocycles. The maximum Gasteiger partial charge on any atom is 0.336 e. The fraction of sp³-hybridized carbons (Fsp3) is 0.538. The molecule has 0 saturated heterocycles. The highest BCUT2D eigenvalue weighted by Crippen LogP contribution is 2.38. The van der Waals surface area contributed by atoms with E-state index >= 15 is 0 Å². The summed E-state index contributed by atoms with van der Waals surface area (Å²) >= 11 is 0. The van der Waals surface area contributed by atoms with E-state index in [0.29, 0.717) is 18.8 Å². The van der Waals surface area contributed by atoms with Crippen LogP contribution in [0.1, 0.15) is 103 Å². The van der Waals surface area contributed by atoms with Crippen molar-refractivity contribution in [3.8, 4) is 11.1 Å². The second-order valence-corrected chi connectivity index (χ2v) is 13.4. The lowest BCUT2D eigenvalue weighted by Gasteiger charge is -2.29. The summed E-state index contributed by atoms with van der Waals surface area (Å²) < 4.78 is 10.8. The minimum Gasteiger partial charge on any atom is -0.462 e. The van der Waals surface area contributed by atoms with Crippen LogP contribution >= 0.6 is 0 Å². The molecule has 2 unspecified atom stereocenters. The first-order valence-electron chi connectivity index (χ1n) is 16.7. The molecule has 2 N–H and O–H groups in total. The molecular formula is C39H54O6. The summed E-state index contributed by atoms with van der Waals surface area (Å²) in [5, 5.41) is 19.7. The van der Waals surface area contributed by atoms with Crippen LogP contribution in [0.4, 0.5) is 0 Å². The summed E-state index contributed by atoms with van der Waals surface area (Å²) in [5.74, 6) is -0.0911. The lowest BCUT2D eigenvalue weighted by molar-refractivity contribution is -0.145. The summed E-state index contributed by atoms with van der Waals surface area (Å²) in [6, 6.07) is 17.5. The number of rotatable bonds is 17. The van der Waals surface area contributed by atoms with Gasteiger partial charge in [0.1, 0.15) is 0 Å². The molecule has 6 nitrogen and oxygen atoms in total. The lowest BCUT2D eigenvalue weighted by atomic mass is 9.77. The van der Waals surface area contributed by atoms with Crippen LogP contribution in [0.15, 0.2) is 72.8 Å². The Morgan fingerprint density at radius 1 is 0.889 bits per heavy atom. The van der Waals surface area contributed by atoms with Gasteiger partial charge in [0.05, 0.1) is 36.1 Å². The number of unbranched alkanes of at least 4 members (excludes halogenated alkanes) is 2. The van der Waals surface area contributed by atoms with E-state index in [9.17, 15) is 19.8 Å². The second kappa shape index (κ2) is 17.5. The van der Waals surface area contributed by atoms with Gasteiger partial charge < -0.3 is 19.7 Å². The van der Waals surface area contributed by atoms with Crippen LogP contribution in [0.5, 0.6) is 0 Å². The van der Waals surface area contributed by atoms with Crippen LogP contribution in [-0.2, 0) is 25.5 Å². The Balaban J connectivity index is 1.56. The van der Waals surface area contributed by atoms with Crippen molar-refractivity contribution >= 4 is 11.9 Å². The molecular weight excluding hydrogens is 564 g/mol. The zero-order valence-electron chi connectivity index (χ0n) is 27.9. The number of hydrogen-bond donors (Lipinski definition) is 2. The Morgan fingerprint density at radius 3 is 1.98 bits per heavy atom. The van der Waals surface area contributed by atoms with Crippen molar-refractivity contribution in [1.29, 1.82) is 0 Å². The molecule has 45 heavy (non-hydrogen) atoms. The predicted octanol–water partition coefficient (Wildman–Crippen LogP) is 8.11. The number of ether oxygens (including phenoxy) is 2. The summed E-state index contributed by atoms with van der Waals surface area (Å²) in [6.07, 6.45) is 11.0. The highest BCUT2D eigenvalue weighted by Gasteiger charge is 2.26. The molecule has 1 saturated carbocycles. The monoisotopic (exact) mass is 618 g/mol. The average molecular weight is 619 g/mol. The molecule has 0 bridgehead atoms. The van der Waals surface area contributed by atoms with Crippen LogP contribution in [0.2, 0.25) is 0 Å². The molecule has 0 amide bonds. The minimum atomic E-state index is -1.40. The molecule has 0 spiro atoms. The fourth-order valence-electron chi connectivity index (χ4n) is 5.85. The van der Waals surface area contributed by atoms with E-state index in [2.05, 4.69) is 68.6 Å². The smallest absolute Gasteiger partial charge is 0.336 e. The van der Waals surface area contributed by atoms with Gasteiger partial charge in [0, 0.05) is 5.92 Å². The van der Waals surface area contributed by atoms with Crippen LogP contribution < -0.4 is 0 Å². The molecule has 2 aromatic rings. The van der Waals surface area contributed by atoms with Crippen molar-refractivity contribution in [2.75, 3.05) is 13.2 Å². The largest absolute Gasteiger partial charge is 0.462 e. The molecule has 1 aliphatic rings. The van der Waals surface area contributed by atoms with Gasteiger partial charge in [-0.1, -0.05) is 94.3 Å². The average Bonchev–Trinajstić information content (AvgIpc) is 3.03. The van der Waals surface area contributed by atoms with Gasteiger partial charge in [0.15, 0.2) is 0 Å². The normalized spacial score (nSPS) is 18.1. The Kier molecular flexibility index (Phi) is 14.1. The Labute approximate surface area is 270 Å². The zero-order valence-corrected chi connectivity index (χ0v) is 27.9. The molecule has 2 atom stereocenters. The standard InChI is InChI=1S/C39H54O6/c1-7-8-9-10-30-13-17-33(18-14-30)35-21-23-36(24-22-35)34-19-15-31(16-20-34)11-12-32(25-44-37(41)27(2)29(4)40)26-45-38(42)28(3)39(5,6)43/h15-16,19-24,29-30,32-33,40,43H,2-3,7-14,17-18,25-26H2,1,4-6H3. The van der Waals surface area contributed by atoms with E-state index in [-0.39, 0.29) is 30.3 Å². The first kappa shape index (κ1) is 36.3.